The zero-order valence-corrected chi connectivity index (χ0v) is 13.2. The lowest BCUT2D eigenvalue weighted by Crippen LogP contribution is -2.44. The molecule has 116 valence electrons. The summed E-state index contributed by atoms with van der Waals surface area (Å²) in [4.78, 5) is 12.2. The second-order valence-electron chi connectivity index (χ2n) is 5.38. The van der Waals surface area contributed by atoms with Gasteiger partial charge in [0.2, 0.25) is 5.91 Å². The number of hydrogen-bond donors (Lipinski definition) is 2. The topological polar surface area (TPSA) is 50.4 Å². The lowest BCUT2D eigenvalue weighted by Gasteiger charge is -2.18. The Balaban J connectivity index is 1.76. The van der Waals surface area contributed by atoms with E-state index in [4.69, 9.17) is 16.3 Å². The minimum atomic E-state index is -0.0871. The lowest BCUT2D eigenvalue weighted by atomic mass is 10.0. The van der Waals surface area contributed by atoms with Crippen molar-refractivity contribution < 1.29 is 9.53 Å². The molecule has 0 aliphatic carbocycles. The minimum absolute atomic E-state index is 0.0723. The molecule has 1 heterocycles. The van der Waals surface area contributed by atoms with E-state index in [1.807, 2.05) is 24.3 Å². The Morgan fingerprint density at radius 1 is 1.38 bits per heavy atom. The van der Waals surface area contributed by atoms with Crippen LogP contribution in [0.5, 0.6) is 0 Å². The van der Waals surface area contributed by atoms with Crippen LogP contribution in [0, 0.1) is 5.92 Å². The van der Waals surface area contributed by atoms with E-state index in [0.29, 0.717) is 19.8 Å². The molecular formula is C16H23ClN2O2. The number of benzene rings is 1. The third-order valence-electron chi connectivity index (χ3n) is 3.68. The van der Waals surface area contributed by atoms with E-state index in [1.54, 1.807) is 0 Å². The molecule has 2 unspecified atom stereocenters. The van der Waals surface area contributed by atoms with Crippen molar-refractivity contribution in [1.29, 1.82) is 0 Å². The summed E-state index contributed by atoms with van der Waals surface area (Å²) in [5, 5.41) is 7.10. The summed E-state index contributed by atoms with van der Waals surface area (Å²) in [5.74, 6) is -0.0148. The highest BCUT2D eigenvalue weighted by Crippen LogP contribution is 2.14. The summed E-state index contributed by atoms with van der Waals surface area (Å²) >= 11 is 5.95. The third-order valence-corrected chi connectivity index (χ3v) is 3.91. The number of amides is 1. The van der Waals surface area contributed by atoms with E-state index in [1.165, 1.54) is 0 Å². The molecule has 1 aliphatic rings. The predicted molar refractivity (Wildman–Crippen MR) is 84.6 cm³/mol. The largest absolute Gasteiger partial charge is 0.379 e. The molecule has 1 fully saturated rings. The smallest absolute Gasteiger partial charge is 0.227 e. The number of carbonyl (C=O) groups is 1. The number of halogens is 1. The van der Waals surface area contributed by atoms with Gasteiger partial charge in [0, 0.05) is 17.6 Å². The number of carbonyl (C=O) groups excluding carboxylic acids is 1. The van der Waals surface area contributed by atoms with Crippen molar-refractivity contribution in [3.05, 3.63) is 34.9 Å². The van der Waals surface area contributed by atoms with Gasteiger partial charge in [0.25, 0.3) is 0 Å². The molecule has 0 bridgehead atoms. The number of nitrogens with one attached hydrogen (secondary N) is 2. The Morgan fingerprint density at radius 3 is 3.00 bits per heavy atom. The van der Waals surface area contributed by atoms with Gasteiger partial charge in [-0.25, -0.2) is 0 Å². The van der Waals surface area contributed by atoms with Crippen molar-refractivity contribution >= 4 is 17.5 Å². The Kier molecular flexibility index (Phi) is 6.49. The molecule has 2 rings (SSSR count). The Morgan fingerprint density at radius 2 is 2.24 bits per heavy atom. The normalized spacial score (nSPS) is 21.4. The van der Waals surface area contributed by atoms with Gasteiger partial charge in [0.05, 0.1) is 19.1 Å². The van der Waals surface area contributed by atoms with Crippen molar-refractivity contribution in [3.8, 4) is 0 Å². The number of rotatable bonds is 7. The summed E-state index contributed by atoms with van der Waals surface area (Å²) in [6.07, 6.45) is 1.84. The molecule has 21 heavy (non-hydrogen) atoms. The maximum absolute atomic E-state index is 12.2. The molecule has 1 saturated heterocycles. The second kappa shape index (κ2) is 8.37. The molecule has 0 aromatic heterocycles. The maximum Gasteiger partial charge on any atom is 0.227 e. The van der Waals surface area contributed by atoms with Crippen LogP contribution >= 0.6 is 11.6 Å². The molecule has 4 nitrogen and oxygen atoms in total. The first-order chi connectivity index (χ1) is 10.2. The monoisotopic (exact) mass is 310 g/mol. The van der Waals surface area contributed by atoms with Crippen LogP contribution in [0.3, 0.4) is 0 Å². The highest BCUT2D eigenvalue weighted by Gasteiger charge is 2.33. The highest BCUT2D eigenvalue weighted by atomic mass is 35.5. The SMILES string of the molecule is CCCNC1COCC1C(=O)NCCc1cccc(Cl)c1. The highest BCUT2D eigenvalue weighted by molar-refractivity contribution is 6.30. The third kappa shape index (κ3) is 4.99. The van der Waals surface area contributed by atoms with E-state index >= 15 is 0 Å². The van der Waals surface area contributed by atoms with Gasteiger partial charge >= 0.3 is 0 Å². The molecule has 0 saturated carbocycles. The maximum atomic E-state index is 12.2. The van der Waals surface area contributed by atoms with Gasteiger partial charge in [-0.1, -0.05) is 30.7 Å². The average molecular weight is 311 g/mol. The van der Waals surface area contributed by atoms with E-state index in [-0.39, 0.29) is 17.9 Å². The molecule has 0 radical (unpaired) electrons. The van der Waals surface area contributed by atoms with Gasteiger partial charge in [-0.05, 0) is 37.1 Å². The summed E-state index contributed by atoms with van der Waals surface area (Å²) in [5.41, 5.74) is 1.13. The van der Waals surface area contributed by atoms with Gasteiger partial charge in [-0.3, -0.25) is 4.79 Å². The molecule has 2 atom stereocenters. The predicted octanol–water partition coefficient (Wildman–Crippen LogP) is 2.01. The summed E-state index contributed by atoms with van der Waals surface area (Å²) in [6, 6.07) is 7.86. The van der Waals surface area contributed by atoms with Crippen molar-refractivity contribution in [2.24, 2.45) is 5.92 Å². The van der Waals surface area contributed by atoms with Crippen LogP contribution in [0.25, 0.3) is 0 Å². The van der Waals surface area contributed by atoms with E-state index in [2.05, 4.69) is 17.6 Å². The second-order valence-corrected chi connectivity index (χ2v) is 5.81. The van der Waals surface area contributed by atoms with Crippen molar-refractivity contribution in [1.82, 2.24) is 10.6 Å². The lowest BCUT2D eigenvalue weighted by molar-refractivity contribution is -0.125. The molecule has 5 heteroatoms. The van der Waals surface area contributed by atoms with Gasteiger partial charge < -0.3 is 15.4 Å². The van der Waals surface area contributed by atoms with Crippen molar-refractivity contribution in [3.63, 3.8) is 0 Å². The molecule has 1 aromatic carbocycles. The van der Waals surface area contributed by atoms with E-state index < -0.39 is 0 Å². The first kappa shape index (κ1) is 16.3. The fourth-order valence-electron chi connectivity index (χ4n) is 2.50. The van der Waals surface area contributed by atoms with Gasteiger partial charge in [0.15, 0.2) is 0 Å². The average Bonchev–Trinajstić information content (AvgIpc) is 2.93. The fourth-order valence-corrected chi connectivity index (χ4v) is 2.71. The number of ether oxygens (including phenoxy) is 1. The van der Waals surface area contributed by atoms with Gasteiger partial charge in [-0.2, -0.15) is 0 Å². The molecule has 1 aromatic rings. The van der Waals surface area contributed by atoms with Gasteiger partial charge in [0.1, 0.15) is 0 Å². The molecular weight excluding hydrogens is 288 g/mol. The summed E-state index contributed by atoms with van der Waals surface area (Å²) < 4.78 is 5.43. The molecule has 0 spiro atoms. The first-order valence-corrected chi connectivity index (χ1v) is 7.91. The van der Waals surface area contributed by atoms with Crippen LogP contribution in [0.15, 0.2) is 24.3 Å². The first-order valence-electron chi connectivity index (χ1n) is 7.54. The van der Waals surface area contributed by atoms with Crippen LogP contribution in [0.2, 0.25) is 5.02 Å². The van der Waals surface area contributed by atoms with E-state index in [9.17, 15) is 4.79 Å². The molecule has 2 N–H and O–H groups in total. The Hall–Kier alpha value is -1.10. The van der Waals surface area contributed by atoms with Crippen molar-refractivity contribution in [2.75, 3.05) is 26.3 Å². The zero-order valence-electron chi connectivity index (χ0n) is 12.4. The van der Waals surface area contributed by atoms with Crippen LogP contribution in [0.4, 0.5) is 0 Å². The minimum Gasteiger partial charge on any atom is -0.379 e. The van der Waals surface area contributed by atoms with E-state index in [0.717, 1.165) is 30.0 Å². The fraction of sp³-hybridized carbons (Fsp3) is 0.562. The molecule has 1 amide bonds. The number of hydrogen-bond acceptors (Lipinski definition) is 3. The Bertz CT molecular complexity index is 467. The van der Waals surface area contributed by atoms with Crippen LogP contribution in [-0.2, 0) is 16.0 Å². The van der Waals surface area contributed by atoms with Crippen LogP contribution in [0.1, 0.15) is 18.9 Å². The quantitative estimate of drug-likeness (QED) is 0.810. The zero-order chi connectivity index (χ0) is 15.1. The standard InChI is InChI=1S/C16H23ClN2O2/c1-2-7-18-15-11-21-10-14(15)16(20)19-8-6-12-4-3-5-13(17)9-12/h3-5,9,14-15,18H,2,6-8,10-11H2,1H3,(H,19,20). The van der Waals surface area contributed by atoms with Crippen LogP contribution < -0.4 is 10.6 Å². The van der Waals surface area contributed by atoms with Crippen LogP contribution in [-0.4, -0.2) is 38.3 Å². The van der Waals surface area contributed by atoms with Crippen molar-refractivity contribution in [2.45, 2.75) is 25.8 Å². The molecule has 1 aliphatic heterocycles. The van der Waals surface area contributed by atoms with Gasteiger partial charge in [-0.15, -0.1) is 0 Å². The summed E-state index contributed by atoms with van der Waals surface area (Å²) in [6.45, 7) is 4.77. The Labute approximate surface area is 131 Å². The summed E-state index contributed by atoms with van der Waals surface area (Å²) in [7, 11) is 0.